The van der Waals surface area contributed by atoms with E-state index in [9.17, 15) is 4.79 Å². The van der Waals surface area contributed by atoms with Crippen molar-refractivity contribution in [3.63, 3.8) is 0 Å². The summed E-state index contributed by atoms with van der Waals surface area (Å²) in [6, 6.07) is 15.7. The molecule has 158 valence electrons. The van der Waals surface area contributed by atoms with Crippen molar-refractivity contribution in [2.45, 2.75) is 39.4 Å². The lowest BCUT2D eigenvalue weighted by Gasteiger charge is -2.13. The van der Waals surface area contributed by atoms with Gasteiger partial charge in [0.15, 0.2) is 5.96 Å². The topological polar surface area (TPSA) is 74.8 Å². The number of nitrogens with zero attached hydrogens (tertiary/aromatic N) is 1. The monoisotopic (exact) mass is 510 g/mol. The highest BCUT2D eigenvalue weighted by Crippen LogP contribution is 2.12. The van der Waals surface area contributed by atoms with Crippen LogP contribution < -0.4 is 20.7 Å². The first-order valence-corrected chi connectivity index (χ1v) is 9.53. The van der Waals surface area contributed by atoms with Crippen molar-refractivity contribution in [1.82, 2.24) is 16.0 Å². The number of methoxy groups -OCH3 is 1. The second kappa shape index (κ2) is 13.0. The maximum atomic E-state index is 12.1. The fourth-order valence-corrected chi connectivity index (χ4v) is 2.56. The number of halogens is 1. The van der Waals surface area contributed by atoms with Gasteiger partial charge in [-0.1, -0.05) is 31.2 Å². The van der Waals surface area contributed by atoms with Gasteiger partial charge in [-0.25, -0.2) is 0 Å². The van der Waals surface area contributed by atoms with Crippen molar-refractivity contribution in [2.24, 2.45) is 4.99 Å². The quantitative estimate of drug-likeness (QED) is 0.288. The van der Waals surface area contributed by atoms with E-state index in [0.29, 0.717) is 24.6 Å². The Hall–Kier alpha value is -2.29. The fourth-order valence-electron chi connectivity index (χ4n) is 2.56. The highest BCUT2D eigenvalue weighted by molar-refractivity contribution is 14.0. The largest absolute Gasteiger partial charge is 0.497 e. The van der Waals surface area contributed by atoms with Gasteiger partial charge in [0.1, 0.15) is 5.75 Å². The summed E-state index contributed by atoms with van der Waals surface area (Å²) in [7, 11) is 3.40. The normalized spacial score (nSPS) is 11.8. The summed E-state index contributed by atoms with van der Waals surface area (Å²) in [4.78, 5) is 16.4. The minimum Gasteiger partial charge on any atom is -0.497 e. The number of ether oxygens (including phenoxy) is 1. The number of carbonyl (C=O) groups excluding carboxylic acids is 1. The van der Waals surface area contributed by atoms with E-state index in [2.05, 4.69) is 27.9 Å². The van der Waals surface area contributed by atoms with E-state index in [-0.39, 0.29) is 35.9 Å². The number of guanidine groups is 1. The van der Waals surface area contributed by atoms with Crippen LogP contribution in [0.1, 0.15) is 41.8 Å². The number of aliphatic imine (C=N–C) groups is 1. The van der Waals surface area contributed by atoms with Crippen LogP contribution in [0.5, 0.6) is 5.75 Å². The molecule has 7 heteroatoms. The Morgan fingerprint density at radius 3 is 2.31 bits per heavy atom. The molecule has 0 fully saturated rings. The molecule has 0 heterocycles. The second-order valence-corrected chi connectivity index (χ2v) is 6.61. The van der Waals surface area contributed by atoms with Gasteiger partial charge in [-0.15, -0.1) is 24.0 Å². The molecule has 0 bridgehead atoms. The molecule has 0 saturated heterocycles. The molecule has 1 amide bonds. The lowest BCUT2D eigenvalue weighted by atomic mass is 10.1. The fraction of sp³-hybridized carbons (Fsp3) is 0.364. The predicted octanol–water partition coefficient (Wildman–Crippen LogP) is 3.71. The molecule has 2 rings (SSSR count). The summed E-state index contributed by atoms with van der Waals surface area (Å²) < 4.78 is 5.25. The van der Waals surface area contributed by atoms with E-state index in [1.165, 1.54) is 0 Å². The third-order valence-corrected chi connectivity index (χ3v) is 4.48. The Balaban J connectivity index is 0.00000420. The van der Waals surface area contributed by atoms with Gasteiger partial charge < -0.3 is 20.7 Å². The van der Waals surface area contributed by atoms with Crippen LogP contribution >= 0.6 is 24.0 Å². The van der Waals surface area contributed by atoms with Crippen molar-refractivity contribution in [3.8, 4) is 5.75 Å². The minimum absolute atomic E-state index is 0. The van der Waals surface area contributed by atoms with Crippen molar-refractivity contribution < 1.29 is 9.53 Å². The van der Waals surface area contributed by atoms with E-state index < -0.39 is 0 Å². The number of nitrogens with one attached hydrogen (secondary N) is 3. The molecule has 0 spiro atoms. The first kappa shape index (κ1) is 24.7. The van der Waals surface area contributed by atoms with Crippen molar-refractivity contribution in [3.05, 3.63) is 65.2 Å². The number of hydrogen-bond acceptors (Lipinski definition) is 3. The predicted molar refractivity (Wildman–Crippen MR) is 129 cm³/mol. The Bertz CT molecular complexity index is 794. The average Bonchev–Trinajstić information content (AvgIpc) is 2.74. The van der Waals surface area contributed by atoms with Gasteiger partial charge in [-0.2, -0.15) is 0 Å². The first-order valence-electron chi connectivity index (χ1n) is 9.53. The summed E-state index contributed by atoms with van der Waals surface area (Å²) in [6.07, 6.45) is 0.912. The summed E-state index contributed by atoms with van der Waals surface area (Å²) in [5.74, 6) is 1.51. The summed E-state index contributed by atoms with van der Waals surface area (Å²) >= 11 is 0. The van der Waals surface area contributed by atoms with Gasteiger partial charge in [0, 0.05) is 31.7 Å². The Morgan fingerprint density at radius 1 is 1.07 bits per heavy atom. The van der Waals surface area contributed by atoms with Crippen LogP contribution in [0.4, 0.5) is 0 Å². The standard InChI is InChI=1S/C22H30N4O2.HI/c1-5-16(2)26-21(27)19-11-9-17(10-12-19)14-24-22(23-3)25-15-18-7-6-8-20(13-18)28-4;/h6-13,16H,5,14-15H2,1-4H3,(H,26,27)(H2,23,24,25);1H. The second-order valence-electron chi connectivity index (χ2n) is 6.61. The van der Waals surface area contributed by atoms with Gasteiger partial charge in [0.05, 0.1) is 7.11 Å². The van der Waals surface area contributed by atoms with Crippen molar-refractivity contribution in [2.75, 3.05) is 14.2 Å². The number of amides is 1. The molecule has 1 unspecified atom stereocenters. The molecule has 0 saturated carbocycles. The number of rotatable bonds is 8. The molecule has 0 aliphatic rings. The molecular formula is C22H31IN4O2. The van der Waals surface area contributed by atoms with Gasteiger partial charge in [0.2, 0.25) is 0 Å². The first-order chi connectivity index (χ1) is 13.5. The molecule has 0 radical (unpaired) electrons. The summed E-state index contributed by atoms with van der Waals surface area (Å²) in [6.45, 7) is 5.31. The van der Waals surface area contributed by atoms with Gasteiger partial charge >= 0.3 is 0 Å². The number of benzene rings is 2. The van der Waals surface area contributed by atoms with Gasteiger partial charge in [0.25, 0.3) is 5.91 Å². The summed E-state index contributed by atoms with van der Waals surface area (Å²) in [5, 5.41) is 9.54. The molecule has 0 aliphatic heterocycles. The van der Waals surface area contributed by atoms with E-state index in [0.717, 1.165) is 23.3 Å². The Morgan fingerprint density at radius 2 is 1.72 bits per heavy atom. The zero-order valence-electron chi connectivity index (χ0n) is 17.5. The van der Waals surface area contributed by atoms with Crippen LogP contribution in [-0.2, 0) is 13.1 Å². The van der Waals surface area contributed by atoms with E-state index in [1.54, 1.807) is 14.2 Å². The SMILES string of the molecule is CCC(C)NC(=O)c1ccc(CNC(=NC)NCc2cccc(OC)c2)cc1.I. The minimum atomic E-state index is -0.0374. The zero-order chi connectivity index (χ0) is 20.4. The van der Waals surface area contributed by atoms with Gasteiger partial charge in [-0.05, 0) is 48.7 Å². The lowest BCUT2D eigenvalue weighted by molar-refractivity contribution is 0.0939. The molecule has 1 atom stereocenters. The zero-order valence-corrected chi connectivity index (χ0v) is 19.8. The highest BCUT2D eigenvalue weighted by Gasteiger charge is 2.08. The molecule has 0 aromatic heterocycles. The molecule has 6 nitrogen and oxygen atoms in total. The van der Waals surface area contributed by atoms with Crippen LogP contribution in [0.2, 0.25) is 0 Å². The van der Waals surface area contributed by atoms with Crippen molar-refractivity contribution >= 4 is 35.8 Å². The maximum Gasteiger partial charge on any atom is 0.251 e. The lowest BCUT2D eigenvalue weighted by Crippen LogP contribution is -2.36. The van der Waals surface area contributed by atoms with Crippen LogP contribution in [-0.4, -0.2) is 32.1 Å². The molecule has 2 aromatic carbocycles. The third-order valence-electron chi connectivity index (χ3n) is 4.48. The molecule has 0 aliphatic carbocycles. The van der Waals surface area contributed by atoms with E-state index >= 15 is 0 Å². The van der Waals surface area contributed by atoms with Crippen LogP contribution in [0.15, 0.2) is 53.5 Å². The number of hydrogen-bond donors (Lipinski definition) is 3. The average molecular weight is 510 g/mol. The molecular weight excluding hydrogens is 479 g/mol. The maximum absolute atomic E-state index is 12.1. The summed E-state index contributed by atoms with van der Waals surface area (Å²) in [5.41, 5.74) is 2.85. The Labute approximate surface area is 190 Å². The van der Waals surface area contributed by atoms with E-state index in [1.807, 2.05) is 55.5 Å². The van der Waals surface area contributed by atoms with E-state index in [4.69, 9.17) is 4.74 Å². The van der Waals surface area contributed by atoms with Crippen LogP contribution in [0.3, 0.4) is 0 Å². The molecule has 3 N–H and O–H groups in total. The van der Waals surface area contributed by atoms with Crippen molar-refractivity contribution in [1.29, 1.82) is 0 Å². The van der Waals surface area contributed by atoms with Gasteiger partial charge in [-0.3, -0.25) is 9.79 Å². The number of carbonyl (C=O) groups is 1. The Kier molecular flexibility index (Phi) is 11.1. The third kappa shape index (κ3) is 8.31. The smallest absolute Gasteiger partial charge is 0.251 e. The molecule has 2 aromatic rings. The molecule has 29 heavy (non-hydrogen) atoms. The van der Waals surface area contributed by atoms with Crippen LogP contribution in [0.25, 0.3) is 0 Å². The highest BCUT2D eigenvalue weighted by atomic mass is 127. The van der Waals surface area contributed by atoms with Crippen LogP contribution in [0, 0.1) is 0 Å².